The molecular formula is C16H16Cl2N4O5S. The zero-order chi connectivity index (χ0) is 21.2. The standard InChI is InChI=1S/C10H12N2O3S.C6H4Cl2N2O2/c1-7(2)12-10(13)8-5-3-4-6-9(8)11-16(12,14)15;7-3-1-2(9)4(8)5(10-3)6(11)12/h3-7,11H,1-2H3;1H,(H2,9,10)(H,11,12). The number of carboxylic acid groups (broad SMARTS) is 1. The maximum atomic E-state index is 12.0. The average Bonchev–Trinajstić information content (AvgIpc) is 2.57. The molecule has 0 fully saturated rings. The number of aromatic nitrogens is 1. The maximum Gasteiger partial charge on any atom is 0.356 e. The number of anilines is 2. The largest absolute Gasteiger partial charge is 0.476 e. The molecule has 0 saturated heterocycles. The van der Waals surface area contributed by atoms with E-state index in [-0.39, 0.29) is 21.6 Å². The second-order valence-electron chi connectivity index (χ2n) is 5.85. The third-order valence-corrected chi connectivity index (χ3v) is 5.66. The van der Waals surface area contributed by atoms with Crippen molar-refractivity contribution in [3.8, 4) is 0 Å². The third kappa shape index (κ3) is 4.46. The van der Waals surface area contributed by atoms with Crippen molar-refractivity contribution < 1.29 is 23.1 Å². The van der Waals surface area contributed by atoms with Gasteiger partial charge in [-0.3, -0.25) is 9.52 Å². The minimum absolute atomic E-state index is 0.00861. The Bertz CT molecular complexity index is 1040. The SMILES string of the molecule is CC(C)N1C(=O)c2ccccc2NS1(=O)=O.Nc1cc(Cl)nc(C(=O)O)c1Cl. The van der Waals surface area contributed by atoms with Crippen molar-refractivity contribution in [1.29, 1.82) is 0 Å². The fraction of sp³-hybridized carbons (Fsp3) is 0.188. The number of nitrogens with two attached hydrogens (primary N) is 1. The molecule has 4 N–H and O–H groups in total. The molecule has 0 atom stereocenters. The van der Waals surface area contributed by atoms with Crippen LogP contribution in [-0.4, -0.2) is 40.7 Å². The van der Waals surface area contributed by atoms with Crippen LogP contribution in [0.2, 0.25) is 10.2 Å². The molecule has 1 aliphatic heterocycles. The molecule has 1 aliphatic rings. The number of aromatic carboxylic acids is 1. The third-order valence-electron chi connectivity index (χ3n) is 3.48. The lowest BCUT2D eigenvalue weighted by molar-refractivity contribution is 0.0690. The van der Waals surface area contributed by atoms with Crippen molar-refractivity contribution in [1.82, 2.24) is 9.29 Å². The van der Waals surface area contributed by atoms with E-state index in [1.807, 2.05) is 0 Å². The molecule has 0 spiro atoms. The highest BCUT2D eigenvalue weighted by atomic mass is 35.5. The van der Waals surface area contributed by atoms with Crippen molar-refractivity contribution >= 4 is 56.7 Å². The van der Waals surface area contributed by atoms with Crippen LogP contribution in [0.3, 0.4) is 0 Å². The summed E-state index contributed by atoms with van der Waals surface area (Å²) in [5.74, 6) is -1.74. The Morgan fingerprint density at radius 2 is 1.89 bits per heavy atom. The fourth-order valence-electron chi connectivity index (χ4n) is 2.34. The highest BCUT2D eigenvalue weighted by molar-refractivity contribution is 7.91. The molecule has 1 aromatic carbocycles. The summed E-state index contributed by atoms with van der Waals surface area (Å²) in [5.41, 5.74) is 5.83. The van der Waals surface area contributed by atoms with Crippen molar-refractivity contribution in [3.63, 3.8) is 0 Å². The molecule has 12 heteroatoms. The maximum absolute atomic E-state index is 12.0. The summed E-state index contributed by atoms with van der Waals surface area (Å²) in [6, 6.07) is 7.44. The van der Waals surface area contributed by atoms with E-state index in [1.165, 1.54) is 6.07 Å². The quantitative estimate of drug-likeness (QED) is 0.601. The molecule has 2 heterocycles. The van der Waals surface area contributed by atoms with E-state index in [9.17, 15) is 18.0 Å². The highest BCUT2D eigenvalue weighted by Gasteiger charge is 2.36. The number of carboxylic acids is 1. The van der Waals surface area contributed by atoms with Crippen LogP contribution < -0.4 is 10.5 Å². The summed E-state index contributed by atoms with van der Waals surface area (Å²) >= 11 is 11.0. The van der Waals surface area contributed by atoms with Gasteiger partial charge in [0.05, 0.1) is 22.0 Å². The fourth-order valence-corrected chi connectivity index (χ4v) is 4.15. The van der Waals surface area contributed by atoms with Gasteiger partial charge in [0.2, 0.25) is 0 Å². The Kier molecular flexibility index (Phi) is 6.37. The molecule has 0 aliphatic carbocycles. The molecule has 3 rings (SSSR count). The predicted molar refractivity (Wildman–Crippen MR) is 106 cm³/mol. The first-order valence-corrected chi connectivity index (χ1v) is 9.95. The number of fused-ring (bicyclic) bond motifs is 1. The molecule has 2 aromatic rings. The van der Waals surface area contributed by atoms with Crippen LogP contribution in [0.25, 0.3) is 0 Å². The molecular weight excluding hydrogens is 431 g/mol. The lowest BCUT2D eigenvalue weighted by atomic mass is 10.1. The smallest absolute Gasteiger partial charge is 0.356 e. The lowest BCUT2D eigenvalue weighted by Gasteiger charge is -2.31. The first-order chi connectivity index (χ1) is 13.0. The minimum atomic E-state index is -3.75. The number of nitrogens with zero attached hydrogens (tertiary/aromatic N) is 2. The zero-order valence-electron chi connectivity index (χ0n) is 14.7. The van der Waals surface area contributed by atoms with Crippen LogP contribution in [0.1, 0.15) is 34.7 Å². The van der Waals surface area contributed by atoms with Crippen molar-refractivity contribution in [3.05, 3.63) is 51.8 Å². The van der Waals surface area contributed by atoms with Gasteiger partial charge in [0, 0.05) is 6.04 Å². The Balaban J connectivity index is 0.000000209. The summed E-state index contributed by atoms with van der Waals surface area (Å²) in [6.45, 7) is 3.32. The molecule has 1 aromatic heterocycles. The van der Waals surface area contributed by atoms with Gasteiger partial charge in [0.1, 0.15) is 5.15 Å². The first kappa shape index (κ1) is 21.7. The van der Waals surface area contributed by atoms with Gasteiger partial charge in [-0.05, 0) is 32.0 Å². The van der Waals surface area contributed by atoms with E-state index in [0.29, 0.717) is 11.3 Å². The second kappa shape index (κ2) is 8.21. The summed E-state index contributed by atoms with van der Waals surface area (Å²) in [4.78, 5) is 25.9. The number of pyridine rings is 1. The van der Waals surface area contributed by atoms with Crippen LogP contribution in [0.15, 0.2) is 30.3 Å². The number of amides is 1. The molecule has 28 heavy (non-hydrogen) atoms. The molecule has 1 amide bonds. The van der Waals surface area contributed by atoms with Gasteiger partial charge in [-0.25, -0.2) is 14.1 Å². The number of hydrogen-bond acceptors (Lipinski definition) is 6. The van der Waals surface area contributed by atoms with Crippen LogP contribution in [-0.2, 0) is 10.2 Å². The molecule has 0 saturated carbocycles. The normalized spacial score (nSPS) is 14.6. The Morgan fingerprint density at radius 1 is 1.29 bits per heavy atom. The zero-order valence-corrected chi connectivity index (χ0v) is 17.0. The minimum Gasteiger partial charge on any atom is -0.476 e. The number of carbonyl (C=O) groups is 2. The summed E-state index contributed by atoms with van der Waals surface area (Å²) in [7, 11) is -3.75. The molecule has 0 radical (unpaired) electrons. The Hall–Kier alpha value is -2.56. The van der Waals surface area contributed by atoms with Crippen molar-refractivity contribution in [2.45, 2.75) is 19.9 Å². The number of hydrogen-bond donors (Lipinski definition) is 3. The number of benzene rings is 1. The monoisotopic (exact) mass is 446 g/mol. The second-order valence-corrected chi connectivity index (χ2v) is 8.16. The number of carbonyl (C=O) groups excluding carboxylic acids is 1. The van der Waals surface area contributed by atoms with Crippen LogP contribution in [0, 0.1) is 0 Å². The van der Waals surface area contributed by atoms with Crippen LogP contribution >= 0.6 is 23.2 Å². The van der Waals surface area contributed by atoms with E-state index in [0.717, 1.165) is 4.31 Å². The van der Waals surface area contributed by atoms with Crippen molar-refractivity contribution in [2.24, 2.45) is 0 Å². The van der Waals surface area contributed by atoms with Gasteiger partial charge in [-0.15, -0.1) is 0 Å². The first-order valence-electron chi connectivity index (χ1n) is 7.76. The Labute approximate surface area is 171 Å². The van der Waals surface area contributed by atoms with Crippen LogP contribution in [0.4, 0.5) is 11.4 Å². The average molecular weight is 447 g/mol. The van der Waals surface area contributed by atoms with Gasteiger partial charge in [-0.2, -0.15) is 8.42 Å². The van der Waals surface area contributed by atoms with Crippen molar-refractivity contribution in [2.75, 3.05) is 10.5 Å². The van der Waals surface area contributed by atoms with Gasteiger partial charge in [0.25, 0.3) is 5.91 Å². The van der Waals surface area contributed by atoms with E-state index >= 15 is 0 Å². The number of para-hydroxylation sites is 1. The van der Waals surface area contributed by atoms with E-state index < -0.39 is 28.1 Å². The molecule has 0 unspecified atom stereocenters. The van der Waals surface area contributed by atoms with E-state index in [4.69, 9.17) is 34.0 Å². The van der Waals surface area contributed by atoms with Gasteiger partial charge < -0.3 is 10.8 Å². The predicted octanol–water partition coefficient (Wildman–Crippen LogP) is 2.88. The lowest BCUT2D eigenvalue weighted by Crippen LogP contribution is -2.48. The number of nitrogen functional groups attached to an aromatic ring is 1. The highest BCUT2D eigenvalue weighted by Crippen LogP contribution is 2.27. The topological polar surface area (TPSA) is 143 Å². The summed E-state index contributed by atoms with van der Waals surface area (Å²) in [5, 5.41) is 8.47. The van der Waals surface area contributed by atoms with E-state index in [1.54, 1.807) is 38.1 Å². The van der Waals surface area contributed by atoms with E-state index in [2.05, 4.69) is 9.71 Å². The van der Waals surface area contributed by atoms with Crippen LogP contribution in [0.5, 0.6) is 0 Å². The number of nitrogens with one attached hydrogen (secondary N) is 1. The number of halogens is 2. The Morgan fingerprint density at radius 3 is 2.46 bits per heavy atom. The molecule has 9 nitrogen and oxygen atoms in total. The van der Waals surface area contributed by atoms with Gasteiger partial charge >= 0.3 is 16.2 Å². The van der Waals surface area contributed by atoms with Gasteiger partial charge in [0.15, 0.2) is 5.69 Å². The number of rotatable bonds is 2. The molecule has 0 bridgehead atoms. The molecule has 150 valence electrons. The summed E-state index contributed by atoms with van der Waals surface area (Å²) < 4.78 is 26.8. The summed E-state index contributed by atoms with van der Waals surface area (Å²) in [6.07, 6.45) is 0. The van der Waals surface area contributed by atoms with Gasteiger partial charge in [-0.1, -0.05) is 35.3 Å².